The normalized spacial score (nSPS) is 14.1. The Balaban J connectivity index is 1.66. The quantitative estimate of drug-likeness (QED) is 0.291. The molecule has 0 bridgehead atoms. The van der Waals surface area contributed by atoms with Gasteiger partial charge in [0.15, 0.2) is 0 Å². The van der Waals surface area contributed by atoms with Crippen molar-refractivity contribution in [3.63, 3.8) is 0 Å². The van der Waals surface area contributed by atoms with Crippen LogP contribution in [0.4, 0.5) is 23.2 Å². The second-order valence-corrected chi connectivity index (χ2v) is 10.1. The summed E-state index contributed by atoms with van der Waals surface area (Å²) in [5.74, 6) is -4.36. The molecular formula is C26H21F4IN2O3. The molecule has 1 aliphatic rings. The number of methoxy groups -OCH3 is 1. The third-order valence-electron chi connectivity index (χ3n) is 6.07. The fourth-order valence-corrected chi connectivity index (χ4v) is 5.58. The summed E-state index contributed by atoms with van der Waals surface area (Å²) >= 11 is 2.03. The summed E-state index contributed by atoms with van der Waals surface area (Å²) in [4.78, 5) is 27.7. The van der Waals surface area contributed by atoms with E-state index in [9.17, 15) is 27.2 Å². The van der Waals surface area contributed by atoms with Crippen LogP contribution in [0, 0.1) is 26.8 Å². The van der Waals surface area contributed by atoms with Crippen molar-refractivity contribution >= 4 is 40.1 Å². The maximum atomic E-state index is 14.1. The van der Waals surface area contributed by atoms with E-state index in [4.69, 9.17) is 4.74 Å². The number of halogens is 5. The Morgan fingerprint density at radius 1 is 1.00 bits per heavy atom. The smallest absolute Gasteiger partial charge is 0.251 e. The predicted octanol–water partition coefficient (Wildman–Crippen LogP) is 5.61. The molecule has 0 saturated carbocycles. The lowest BCUT2D eigenvalue weighted by Gasteiger charge is -2.21. The van der Waals surface area contributed by atoms with Crippen molar-refractivity contribution in [2.75, 3.05) is 12.0 Å². The van der Waals surface area contributed by atoms with Gasteiger partial charge in [-0.2, -0.15) is 0 Å². The average Bonchev–Trinajstić information content (AvgIpc) is 2.98. The molecule has 0 aromatic heterocycles. The van der Waals surface area contributed by atoms with E-state index in [1.807, 2.05) is 22.6 Å². The molecule has 36 heavy (non-hydrogen) atoms. The number of hydrogen-bond acceptors (Lipinski definition) is 3. The van der Waals surface area contributed by atoms with Gasteiger partial charge >= 0.3 is 0 Å². The highest BCUT2D eigenvalue weighted by Crippen LogP contribution is 2.45. The number of carbonyl (C=O) groups is 2. The van der Waals surface area contributed by atoms with Gasteiger partial charge in [0.05, 0.1) is 24.8 Å². The van der Waals surface area contributed by atoms with Crippen LogP contribution in [0.1, 0.15) is 40.9 Å². The maximum absolute atomic E-state index is 14.1. The molecular weight excluding hydrogens is 591 g/mol. The van der Waals surface area contributed by atoms with Gasteiger partial charge in [-0.3, -0.25) is 9.59 Å². The highest BCUT2D eigenvalue weighted by Gasteiger charge is 2.45. The SMILES string of the molecule is COc1cc(F)cc(CN2C(=O)C(C)(C)c3c(I)cc(C(=O)NCc4c(F)cc(F)cc4F)cc32)c1. The van der Waals surface area contributed by atoms with Gasteiger partial charge in [-0.15, -0.1) is 0 Å². The third-order valence-corrected chi connectivity index (χ3v) is 6.92. The Morgan fingerprint density at radius 2 is 1.64 bits per heavy atom. The Labute approximate surface area is 218 Å². The van der Waals surface area contributed by atoms with Gasteiger partial charge in [0, 0.05) is 45.0 Å². The zero-order valence-corrected chi connectivity index (χ0v) is 21.7. The molecule has 3 aromatic carbocycles. The first-order valence-corrected chi connectivity index (χ1v) is 11.9. The number of anilines is 1. The molecule has 188 valence electrons. The minimum Gasteiger partial charge on any atom is -0.497 e. The van der Waals surface area contributed by atoms with Crippen molar-refractivity contribution < 1.29 is 31.9 Å². The topological polar surface area (TPSA) is 58.6 Å². The van der Waals surface area contributed by atoms with E-state index in [0.29, 0.717) is 38.3 Å². The third kappa shape index (κ3) is 4.78. The Hall–Kier alpha value is -3.15. The van der Waals surface area contributed by atoms with Crippen LogP contribution in [0.3, 0.4) is 0 Å². The number of nitrogens with one attached hydrogen (secondary N) is 1. The van der Waals surface area contributed by atoms with E-state index in [1.54, 1.807) is 26.0 Å². The van der Waals surface area contributed by atoms with Crippen LogP contribution < -0.4 is 15.0 Å². The molecule has 0 atom stereocenters. The summed E-state index contributed by atoms with van der Waals surface area (Å²) in [5, 5.41) is 2.44. The summed E-state index contributed by atoms with van der Waals surface area (Å²) in [6, 6.07) is 8.32. The minimum absolute atomic E-state index is 0.0382. The average molecular weight is 612 g/mol. The number of fused-ring (bicyclic) bond motifs is 1. The number of hydrogen-bond donors (Lipinski definition) is 1. The molecule has 1 aliphatic heterocycles. The lowest BCUT2D eigenvalue weighted by molar-refractivity contribution is -0.122. The monoisotopic (exact) mass is 612 g/mol. The number of ether oxygens (including phenoxy) is 1. The van der Waals surface area contributed by atoms with E-state index < -0.39 is 46.7 Å². The summed E-state index contributed by atoms with van der Waals surface area (Å²) in [6.07, 6.45) is 0. The lowest BCUT2D eigenvalue weighted by Crippen LogP contribution is -2.35. The zero-order chi connectivity index (χ0) is 26.4. The molecule has 0 unspecified atom stereocenters. The molecule has 10 heteroatoms. The van der Waals surface area contributed by atoms with Crippen LogP contribution >= 0.6 is 22.6 Å². The largest absolute Gasteiger partial charge is 0.497 e. The van der Waals surface area contributed by atoms with Gasteiger partial charge in [0.1, 0.15) is 29.0 Å². The molecule has 5 nitrogen and oxygen atoms in total. The molecule has 1 N–H and O–H groups in total. The Morgan fingerprint density at radius 3 is 2.28 bits per heavy atom. The van der Waals surface area contributed by atoms with Crippen LogP contribution in [0.5, 0.6) is 5.75 Å². The van der Waals surface area contributed by atoms with E-state index >= 15 is 0 Å². The van der Waals surface area contributed by atoms with Gasteiger partial charge in [-0.25, -0.2) is 17.6 Å². The molecule has 0 radical (unpaired) electrons. The van der Waals surface area contributed by atoms with Crippen LogP contribution in [0.25, 0.3) is 0 Å². The molecule has 3 aromatic rings. The van der Waals surface area contributed by atoms with Crippen LogP contribution in [-0.2, 0) is 23.3 Å². The summed E-state index contributed by atoms with van der Waals surface area (Å²) < 4.78 is 60.9. The Kier molecular flexibility index (Phi) is 7.00. The maximum Gasteiger partial charge on any atom is 0.251 e. The first-order chi connectivity index (χ1) is 16.9. The molecule has 1 heterocycles. The van der Waals surface area contributed by atoms with E-state index in [1.165, 1.54) is 30.2 Å². The van der Waals surface area contributed by atoms with Gasteiger partial charge in [-0.05, 0) is 66.3 Å². The highest BCUT2D eigenvalue weighted by molar-refractivity contribution is 14.1. The summed E-state index contributed by atoms with van der Waals surface area (Å²) in [6.45, 7) is 3.07. The van der Waals surface area contributed by atoms with E-state index in [0.717, 1.165) is 0 Å². The van der Waals surface area contributed by atoms with E-state index in [2.05, 4.69) is 5.32 Å². The number of nitrogens with zero attached hydrogens (tertiary/aromatic N) is 1. The second kappa shape index (κ2) is 9.72. The molecule has 0 saturated heterocycles. The first kappa shape index (κ1) is 25.9. The fraction of sp³-hybridized carbons (Fsp3) is 0.231. The second-order valence-electron chi connectivity index (χ2n) is 8.90. The van der Waals surface area contributed by atoms with E-state index in [-0.39, 0.29) is 18.0 Å². The van der Waals surface area contributed by atoms with Crippen molar-refractivity contribution in [1.29, 1.82) is 0 Å². The molecule has 0 spiro atoms. The molecule has 0 fully saturated rings. The lowest BCUT2D eigenvalue weighted by atomic mass is 9.86. The van der Waals surface area contributed by atoms with Gasteiger partial charge in [0.25, 0.3) is 5.91 Å². The van der Waals surface area contributed by atoms with Crippen molar-refractivity contribution in [1.82, 2.24) is 5.32 Å². The number of rotatable bonds is 6. The van der Waals surface area contributed by atoms with Crippen molar-refractivity contribution in [2.45, 2.75) is 32.4 Å². The highest BCUT2D eigenvalue weighted by atomic mass is 127. The number of benzene rings is 3. The van der Waals surface area contributed by atoms with Crippen molar-refractivity contribution in [3.8, 4) is 5.75 Å². The van der Waals surface area contributed by atoms with Crippen molar-refractivity contribution in [2.24, 2.45) is 0 Å². The molecule has 0 aliphatic carbocycles. The minimum atomic E-state index is -1.11. The van der Waals surface area contributed by atoms with Crippen LogP contribution in [-0.4, -0.2) is 18.9 Å². The standard InChI is InChI=1S/C26H21F4IN2O3/c1-26(2)23-21(31)6-14(24(34)32-11-18-19(29)9-16(28)10-20(18)30)7-22(23)33(25(26)35)12-13-4-15(27)8-17(5-13)36-3/h4-10H,11-12H2,1-3H3,(H,32,34). The van der Waals surface area contributed by atoms with Crippen LogP contribution in [0.2, 0.25) is 0 Å². The number of amides is 2. The van der Waals surface area contributed by atoms with Gasteiger partial charge in [0.2, 0.25) is 5.91 Å². The molecule has 4 rings (SSSR count). The van der Waals surface area contributed by atoms with Crippen molar-refractivity contribution in [3.05, 3.63) is 91.6 Å². The number of carbonyl (C=O) groups excluding carboxylic acids is 2. The molecule has 2 amide bonds. The fourth-order valence-electron chi connectivity index (χ4n) is 4.29. The van der Waals surface area contributed by atoms with Gasteiger partial charge < -0.3 is 15.0 Å². The van der Waals surface area contributed by atoms with Crippen LogP contribution in [0.15, 0.2) is 42.5 Å². The first-order valence-electron chi connectivity index (χ1n) is 10.8. The predicted molar refractivity (Wildman–Crippen MR) is 134 cm³/mol. The Bertz CT molecular complexity index is 1370. The summed E-state index contributed by atoms with van der Waals surface area (Å²) in [5.41, 5.74) is 0.467. The summed E-state index contributed by atoms with van der Waals surface area (Å²) in [7, 11) is 1.41. The zero-order valence-electron chi connectivity index (χ0n) is 19.5. The van der Waals surface area contributed by atoms with Gasteiger partial charge in [-0.1, -0.05) is 0 Å².